The van der Waals surface area contributed by atoms with Crippen LogP contribution >= 0.6 is 0 Å². The fourth-order valence-electron chi connectivity index (χ4n) is 3.00. The zero-order chi connectivity index (χ0) is 10.9. The number of hydrogen-bond acceptors (Lipinski definition) is 2. The van der Waals surface area contributed by atoms with Gasteiger partial charge in [-0.25, -0.2) is 0 Å². The first-order chi connectivity index (χ1) is 7.11. The van der Waals surface area contributed by atoms with Crippen LogP contribution in [0.1, 0.15) is 46.5 Å². The molecular weight excluding hydrogens is 184 g/mol. The fraction of sp³-hybridized carbons (Fsp3) is 1.00. The van der Waals surface area contributed by atoms with Crippen molar-refractivity contribution >= 4 is 0 Å². The molecule has 1 heterocycles. The Balaban J connectivity index is 1.96. The van der Waals surface area contributed by atoms with Gasteiger partial charge >= 0.3 is 0 Å². The SMILES string of the molecule is CC1CCC2(CC1)CNC[C@H](C(C)C)N2. The summed E-state index contributed by atoms with van der Waals surface area (Å²) in [5.41, 5.74) is 0.430. The molecule has 0 bridgehead atoms. The summed E-state index contributed by atoms with van der Waals surface area (Å²) in [4.78, 5) is 0. The van der Waals surface area contributed by atoms with Gasteiger partial charge in [-0.05, 0) is 37.5 Å². The molecule has 2 nitrogen and oxygen atoms in total. The Morgan fingerprint density at radius 1 is 1.20 bits per heavy atom. The monoisotopic (exact) mass is 210 g/mol. The van der Waals surface area contributed by atoms with Gasteiger partial charge in [0, 0.05) is 24.7 Å². The van der Waals surface area contributed by atoms with E-state index < -0.39 is 0 Å². The van der Waals surface area contributed by atoms with Crippen LogP contribution in [0.3, 0.4) is 0 Å². The molecule has 2 aliphatic rings. The van der Waals surface area contributed by atoms with Crippen molar-refractivity contribution < 1.29 is 0 Å². The Bertz CT molecular complexity index is 205. The molecule has 1 aliphatic heterocycles. The standard InChI is InChI=1S/C13H26N2/c1-10(2)12-8-14-9-13(15-12)6-4-11(3)5-7-13/h10-12,14-15H,4-9H2,1-3H3/t11?,12-,13?/m1/s1. The van der Waals surface area contributed by atoms with Crippen molar-refractivity contribution in [2.45, 2.75) is 58.0 Å². The van der Waals surface area contributed by atoms with Gasteiger partial charge in [0.05, 0.1) is 0 Å². The number of rotatable bonds is 1. The maximum absolute atomic E-state index is 3.93. The van der Waals surface area contributed by atoms with Crippen LogP contribution in [0.2, 0.25) is 0 Å². The lowest BCUT2D eigenvalue weighted by atomic mass is 9.75. The zero-order valence-corrected chi connectivity index (χ0v) is 10.5. The topological polar surface area (TPSA) is 24.1 Å². The maximum atomic E-state index is 3.93. The smallest absolute Gasteiger partial charge is 0.0309 e. The Kier molecular flexibility index (Phi) is 3.36. The van der Waals surface area contributed by atoms with E-state index in [9.17, 15) is 0 Å². The summed E-state index contributed by atoms with van der Waals surface area (Å²) in [6.07, 6.45) is 5.54. The van der Waals surface area contributed by atoms with Crippen molar-refractivity contribution in [3.8, 4) is 0 Å². The number of hydrogen-bond donors (Lipinski definition) is 2. The van der Waals surface area contributed by atoms with Crippen LogP contribution in [0.25, 0.3) is 0 Å². The van der Waals surface area contributed by atoms with Crippen molar-refractivity contribution in [3.05, 3.63) is 0 Å². The van der Waals surface area contributed by atoms with Gasteiger partial charge in [0.15, 0.2) is 0 Å². The molecule has 0 aromatic carbocycles. The zero-order valence-electron chi connectivity index (χ0n) is 10.5. The average molecular weight is 210 g/mol. The predicted molar refractivity (Wildman–Crippen MR) is 65.0 cm³/mol. The molecule has 1 aliphatic carbocycles. The van der Waals surface area contributed by atoms with E-state index in [4.69, 9.17) is 0 Å². The summed E-state index contributed by atoms with van der Waals surface area (Å²) in [5, 5.41) is 7.56. The van der Waals surface area contributed by atoms with Crippen LogP contribution in [0.4, 0.5) is 0 Å². The normalized spacial score (nSPS) is 42.4. The molecule has 2 N–H and O–H groups in total. The highest BCUT2D eigenvalue weighted by Gasteiger charge is 2.38. The molecular formula is C13H26N2. The lowest BCUT2D eigenvalue weighted by Crippen LogP contribution is -2.65. The van der Waals surface area contributed by atoms with Crippen LogP contribution in [0, 0.1) is 11.8 Å². The second-order valence-electron chi connectivity index (χ2n) is 6.09. The summed E-state index contributed by atoms with van der Waals surface area (Å²) < 4.78 is 0. The summed E-state index contributed by atoms with van der Waals surface area (Å²) in [6.45, 7) is 9.37. The van der Waals surface area contributed by atoms with E-state index in [1.165, 1.54) is 32.2 Å². The van der Waals surface area contributed by atoms with Crippen LogP contribution < -0.4 is 10.6 Å². The van der Waals surface area contributed by atoms with Gasteiger partial charge in [-0.3, -0.25) is 0 Å². The average Bonchev–Trinajstić information content (AvgIpc) is 2.23. The van der Waals surface area contributed by atoms with Crippen molar-refractivity contribution in [3.63, 3.8) is 0 Å². The van der Waals surface area contributed by atoms with Gasteiger partial charge < -0.3 is 10.6 Å². The highest BCUT2D eigenvalue weighted by Crippen LogP contribution is 2.33. The van der Waals surface area contributed by atoms with E-state index in [1.807, 2.05) is 0 Å². The Hall–Kier alpha value is -0.0800. The van der Waals surface area contributed by atoms with Crippen LogP contribution in [-0.2, 0) is 0 Å². The van der Waals surface area contributed by atoms with Gasteiger partial charge in [-0.15, -0.1) is 0 Å². The first-order valence-electron chi connectivity index (χ1n) is 6.60. The van der Waals surface area contributed by atoms with E-state index >= 15 is 0 Å². The molecule has 0 aromatic heterocycles. The summed E-state index contributed by atoms with van der Waals surface area (Å²) in [5.74, 6) is 1.69. The molecule has 2 fully saturated rings. The molecule has 1 saturated heterocycles. The van der Waals surface area contributed by atoms with E-state index in [-0.39, 0.29) is 0 Å². The van der Waals surface area contributed by atoms with E-state index in [1.54, 1.807) is 0 Å². The number of piperazine rings is 1. The van der Waals surface area contributed by atoms with E-state index in [0.29, 0.717) is 11.6 Å². The maximum Gasteiger partial charge on any atom is 0.0309 e. The highest BCUT2D eigenvalue weighted by atomic mass is 15.1. The third-order valence-corrected chi connectivity index (χ3v) is 4.36. The molecule has 0 amide bonds. The third-order valence-electron chi connectivity index (χ3n) is 4.36. The van der Waals surface area contributed by atoms with Crippen LogP contribution in [-0.4, -0.2) is 24.7 Å². The molecule has 1 saturated carbocycles. The van der Waals surface area contributed by atoms with Gasteiger partial charge in [0.1, 0.15) is 0 Å². The predicted octanol–water partition coefficient (Wildman–Crippen LogP) is 2.15. The molecule has 1 spiro atoms. The summed E-state index contributed by atoms with van der Waals surface area (Å²) >= 11 is 0. The minimum atomic E-state index is 0.430. The molecule has 1 atom stereocenters. The molecule has 0 unspecified atom stereocenters. The van der Waals surface area contributed by atoms with Gasteiger partial charge in [0.25, 0.3) is 0 Å². The Labute approximate surface area is 94.2 Å². The highest BCUT2D eigenvalue weighted by molar-refractivity contribution is 5.00. The van der Waals surface area contributed by atoms with Crippen molar-refractivity contribution in [2.75, 3.05) is 13.1 Å². The summed E-state index contributed by atoms with van der Waals surface area (Å²) in [7, 11) is 0. The van der Waals surface area contributed by atoms with Gasteiger partial charge in [-0.1, -0.05) is 20.8 Å². The second kappa shape index (κ2) is 4.42. The van der Waals surface area contributed by atoms with Crippen LogP contribution in [0.5, 0.6) is 0 Å². The third kappa shape index (κ3) is 2.54. The molecule has 88 valence electrons. The second-order valence-corrected chi connectivity index (χ2v) is 6.09. The quantitative estimate of drug-likeness (QED) is 0.693. The van der Waals surface area contributed by atoms with Gasteiger partial charge in [0.2, 0.25) is 0 Å². The first kappa shape index (κ1) is 11.4. The first-order valence-corrected chi connectivity index (χ1v) is 6.60. The van der Waals surface area contributed by atoms with Crippen molar-refractivity contribution in [1.29, 1.82) is 0 Å². The van der Waals surface area contributed by atoms with E-state index in [0.717, 1.165) is 18.4 Å². The van der Waals surface area contributed by atoms with E-state index in [2.05, 4.69) is 31.4 Å². The lowest BCUT2D eigenvalue weighted by molar-refractivity contribution is 0.128. The number of nitrogens with one attached hydrogen (secondary N) is 2. The minimum Gasteiger partial charge on any atom is -0.313 e. The van der Waals surface area contributed by atoms with Gasteiger partial charge in [-0.2, -0.15) is 0 Å². The molecule has 2 rings (SSSR count). The minimum absolute atomic E-state index is 0.430. The summed E-state index contributed by atoms with van der Waals surface area (Å²) in [6, 6.07) is 0.673. The van der Waals surface area contributed by atoms with Crippen molar-refractivity contribution in [2.24, 2.45) is 11.8 Å². The molecule has 0 aromatic rings. The Morgan fingerprint density at radius 3 is 2.47 bits per heavy atom. The lowest BCUT2D eigenvalue weighted by Gasteiger charge is -2.47. The molecule has 0 radical (unpaired) electrons. The van der Waals surface area contributed by atoms with Crippen molar-refractivity contribution in [1.82, 2.24) is 10.6 Å². The Morgan fingerprint density at radius 2 is 1.87 bits per heavy atom. The van der Waals surface area contributed by atoms with Crippen LogP contribution in [0.15, 0.2) is 0 Å². The largest absolute Gasteiger partial charge is 0.313 e. The molecule has 15 heavy (non-hydrogen) atoms. The fourth-order valence-corrected chi connectivity index (χ4v) is 3.00. The molecule has 2 heteroatoms.